The molecule has 0 saturated heterocycles. The van der Waals surface area contributed by atoms with Crippen molar-refractivity contribution in [2.24, 2.45) is 16.0 Å². The van der Waals surface area contributed by atoms with Gasteiger partial charge in [0, 0.05) is 28.6 Å². The summed E-state index contributed by atoms with van der Waals surface area (Å²) in [6.07, 6.45) is 2.71. The van der Waals surface area contributed by atoms with Crippen molar-refractivity contribution in [3.8, 4) is 33.5 Å². The van der Waals surface area contributed by atoms with Gasteiger partial charge in [-0.1, -0.05) is 59.3 Å². The lowest BCUT2D eigenvalue weighted by molar-refractivity contribution is 0.100. The van der Waals surface area contributed by atoms with E-state index >= 15 is 0 Å². The topological polar surface area (TPSA) is 175 Å². The zero-order chi connectivity index (χ0) is 26.0. The molecule has 1 amide bonds. The van der Waals surface area contributed by atoms with Crippen LogP contribution in [0.2, 0.25) is 0 Å². The molecule has 0 bridgehead atoms. The highest BCUT2D eigenvalue weighted by molar-refractivity contribution is 7.89. The Balaban J connectivity index is 1.88. The molecule has 0 atom stereocenters. The number of primary amides is 1. The van der Waals surface area contributed by atoms with Crippen molar-refractivity contribution in [3.05, 3.63) is 89.6 Å². The van der Waals surface area contributed by atoms with Crippen LogP contribution in [-0.4, -0.2) is 30.7 Å². The summed E-state index contributed by atoms with van der Waals surface area (Å²) in [5.41, 5.74) is 16.6. The first-order valence-corrected chi connectivity index (χ1v) is 12.3. The van der Waals surface area contributed by atoms with E-state index in [0.717, 1.165) is 5.56 Å². The molecule has 0 radical (unpaired) electrons. The van der Waals surface area contributed by atoms with Gasteiger partial charge in [-0.3, -0.25) is 9.78 Å². The van der Waals surface area contributed by atoms with E-state index in [2.05, 4.69) is 10.1 Å². The Morgan fingerprint density at radius 1 is 0.972 bits per heavy atom. The first-order valence-electron chi connectivity index (χ1n) is 10.7. The van der Waals surface area contributed by atoms with E-state index in [1.54, 1.807) is 60.7 Å². The van der Waals surface area contributed by atoms with Crippen LogP contribution >= 0.6 is 0 Å². The Morgan fingerprint density at radius 3 is 2.25 bits per heavy atom. The lowest BCUT2D eigenvalue weighted by atomic mass is 9.92. The molecule has 36 heavy (non-hydrogen) atoms. The average molecular weight is 502 g/mol. The van der Waals surface area contributed by atoms with Crippen LogP contribution in [0.5, 0.6) is 0 Å². The van der Waals surface area contributed by atoms with E-state index in [4.69, 9.17) is 21.8 Å². The van der Waals surface area contributed by atoms with Gasteiger partial charge >= 0.3 is 0 Å². The number of carbonyl (C=O) groups excluding carboxylic acids is 1. The van der Waals surface area contributed by atoms with Crippen molar-refractivity contribution in [2.45, 2.75) is 11.8 Å². The summed E-state index contributed by atoms with van der Waals surface area (Å²) in [7, 11) is -3.94. The number of sulfonamides is 1. The normalized spacial score (nSPS) is 11.6. The molecular weight excluding hydrogens is 478 g/mol. The molecular formula is C26H23N5O4S. The molecule has 4 rings (SSSR count). The van der Waals surface area contributed by atoms with E-state index in [9.17, 15) is 13.2 Å². The number of nitrogen functional groups attached to an aromatic ring is 1. The molecule has 1 heterocycles. The number of oxime groups is 1. The fraction of sp³-hybridized carbons (Fsp3) is 0.0385. The number of nitrogens with two attached hydrogens (primary N) is 3. The van der Waals surface area contributed by atoms with Gasteiger partial charge in [-0.2, -0.15) is 0 Å². The molecule has 0 fully saturated rings. The first-order chi connectivity index (χ1) is 17.1. The van der Waals surface area contributed by atoms with Crippen LogP contribution in [0.15, 0.2) is 83.0 Å². The van der Waals surface area contributed by atoms with E-state index in [0.29, 0.717) is 39.1 Å². The van der Waals surface area contributed by atoms with Crippen LogP contribution < -0.4 is 16.6 Å². The van der Waals surface area contributed by atoms with Crippen LogP contribution in [0.1, 0.15) is 21.5 Å². The predicted octanol–water partition coefficient (Wildman–Crippen LogP) is 3.53. The first kappa shape index (κ1) is 24.6. The number of benzene rings is 3. The zero-order valence-electron chi connectivity index (χ0n) is 19.2. The summed E-state index contributed by atoms with van der Waals surface area (Å²) >= 11 is 0. The molecule has 0 aliphatic carbocycles. The number of pyridine rings is 1. The quantitative estimate of drug-likeness (QED) is 0.136. The Hall–Kier alpha value is -4.54. The number of hydrogen-bond donors (Lipinski definition) is 4. The number of aryl methyl sites for hydroxylation is 1. The summed E-state index contributed by atoms with van der Waals surface area (Å²) in [4.78, 5) is 17.0. The Labute approximate surface area is 208 Å². The fourth-order valence-electron chi connectivity index (χ4n) is 4.09. The lowest BCUT2D eigenvalue weighted by Gasteiger charge is -2.15. The highest BCUT2D eigenvalue weighted by Gasteiger charge is 2.21. The molecule has 9 nitrogen and oxygen atoms in total. The molecule has 0 saturated carbocycles. The largest absolute Gasteiger partial charge is 0.411 e. The molecule has 7 N–H and O–H groups in total. The molecule has 0 unspecified atom stereocenters. The van der Waals surface area contributed by atoms with Crippen molar-refractivity contribution >= 4 is 27.8 Å². The van der Waals surface area contributed by atoms with Crippen molar-refractivity contribution in [1.82, 2.24) is 4.98 Å². The van der Waals surface area contributed by atoms with Crippen molar-refractivity contribution in [1.29, 1.82) is 0 Å². The second-order valence-electron chi connectivity index (χ2n) is 8.12. The molecule has 0 aliphatic heterocycles. The molecule has 0 aliphatic rings. The highest BCUT2D eigenvalue weighted by atomic mass is 32.2. The monoisotopic (exact) mass is 501 g/mol. The Morgan fingerprint density at radius 2 is 1.64 bits per heavy atom. The smallest absolute Gasteiger partial charge is 0.251 e. The fourth-order valence-corrected chi connectivity index (χ4v) is 4.84. The molecule has 1 aromatic heterocycles. The van der Waals surface area contributed by atoms with Gasteiger partial charge in [0.1, 0.15) is 0 Å². The zero-order valence-corrected chi connectivity index (χ0v) is 20.0. The maximum Gasteiger partial charge on any atom is 0.251 e. The van der Waals surface area contributed by atoms with E-state index < -0.39 is 15.9 Å². The SMILES string of the molecule is Cc1ccc(S(N)(=O)=O)c(-c2ccc(-c3ccnc(-c4cccc(N)c4C=NO)c3C(N)=O)cc2)c1. The summed E-state index contributed by atoms with van der Waals surface area (Å²) in [5.74, 6) is -0.707. The third-order valence-electron chi connectivity index (χ3n) is 5.73. The van der Waals surface area contributed by atoms with Crippen LogP contribution in [0.3, 0.4) is 0 Å². The minimum absolute atomic E-state index is 0.0182. The number of anilines is 1. The second-order valence-corrected chi connectivity index (χ2v) is 9.65. The van der Waals surface area contributed by atoms with Gasteiger partial charge in [-0.15, -0.1) is 0 Å². The molecule has 4 aromatic rings. The molecule has 182 valence electrons. The Bertz CT molecular complexity index is 1610. The standard InChI is InChI=1S/C26H23N5O4S/c1-15-5-10-23(36(29,34)35)20(13-15)17-8-6-16(7-9-17)18-11-12-30-25(24(18)26(28)32)19-3-2-4-22(27)21(19)14-31-33/h2-14,33H,27H2,1H3,(H2,28,32)(H2,29,34,35). The molecule has 0 spiro atoms. The molecule has 10 heteroatoms. The van der Waals surface area contributed by atoms with Gasteiger partial charge in [0.2, 0.25) is 10.0 Å². The third-order valence-corrected chi connectivity index (χ3v) is 6.70. The van der Waals surface area contributed by atoms with Gasteiger partial charge in [-0.05, 0) is 41.8 Å². The van der Waals surface area contributed by atoms with E-state index in [-0.39, 0.29) is 16.2 Å². The van der Waals surface area contributed by atoms with E-state index in [1.807, 2.05) is 6.92 Å². The number of amides is 1. The minimum atomic E-state index is -3.94. The maximum absolute atomic E-state index is 12.6. The van der Waals surface area contributed by atoms with Gasteiger partial charge in [0.05, 0.1) is 22.4 Å². The van der Waals surface area contributed by atoms with Crippen molar-refractivity contribution in [3.63, 3.8) is 0 Å². The van der Waals surface area contributed by atoms with Crippen molar-refractivity contribution < 1.29 is 18.4 Å². The lowest BCUT2D eigenvalue weighted by Crippen LogP contribution is -2.15. The predicted molar refractivity (Wildman–Crippen MR) is 139 cm³/mol. The van der Waals surface area contributed by atoms with Gasteiger partial charge in [0.15, 0.2) is 0 Å². The van der Waals surface area contributed by atoms with E-state index in [1.165, 1.54) is 18.5 Å². The minimum Gasteiger partial charge on any atom is -0.411 e. The van der Waals surface area contributed by atoms with Crippen LogP contribution in [0.25, 0.3) is 33.5 Å². The number of nitrogens with zero attached hydrogens (tertiary/aromatic N) is 2. The summed E-state index contributed by atoms with van der Waals surface area (Å²) in [5, 5.41) is 17.6. The van der Waals surface area contributed by atoms with Crippen LogP contribution in [-0.2, 0) is 10.0 Å². The summed E-state index contributed by atoms with van der Waals surface area (Å²) < 4.78 is 24.2. The third kappa shape index (κ3) is 4.67. The number of carbonyl (C=O) groups is 1. The van der Waals surface area contributed by atoms with Gasteiger partial charge in [0.25, 0.3) is 5.91 Å². The van der Waals surface area contributed by atoms with Gasteiger partial charge < -0.3 is 16.7 Å². The second kappa shape index (κ2) is 9.61. The number of primary sulfonamides is 1. The Kier molecular flexibility index (Phi) is 6.56. The maximum atomic E-state index is 12.6. The highest BCUT2D eigenvalue weighted by Crippen LogP contribution is 2.35. The number of rotatable bonds is 6. The van der Waals surface area contributed by atoms with Gasteiger partial charge in [-0.25, -0.2) is 13.6 Å². The van der Waals surface area contributed by atoms with Crippen LogP contribution in [0.4, 0.5) is 5.69 Å². The number of hydrogen-bond acceptors (Lipinski definition) is 7. The molecule has 3 aromatic carbocycles. The number of aromatic nitrogens is 1. The van der Waals surface area contributed by atoms with Crippen molar-refractivity contribution in [2.75, 3.05) is 5.73 Å². The average Bonchev–Trinajstić information content (AvgIpc) is 2.84. The summed E-state index contributed by atoms with van der Waals surface area (Å²) in [6.45, 7) is 1.86. The summed E-state index contributed by atoms with van der Waals surface area (Å²) in [6, 6.07) is 18.6. The van der Waals surface area contributed by atoms with Crippen LogP contribution in [0, 0.1) is 6.92 Å².